The summed E-state index contributed by atoms with van der Waals surface area (Å²) in [4.78, 5) is 10.3. The van der Waals surface area contributed by atoms with Gasteiger partial charge >= 0.3 is 43.7 Å². The first-order valence-corrected chi connectivity index (χ1v) is 3.00. The summed E-state index contributed by atoms with van der Waals surface area (Å²) in [7, 11) is 0. The first-order valence-electron chi connectivity index (χ1n) is 3.00. The zero-order valence-electron chi connectivity index (χ0n) is 9.14. The number of carboxylic acid groups (broad SMARTS) is 1. The van der Waals surface area contributed by atoms with E-state index in [9.17, 15) is 4.79 Å². The van der Waals surface area contributed by atoms with Crippen LogP contribution in [0.1, 0.15) is 13.2 Å². The Morgan fingerprint density at radius 2 is 1.50 bits per heavy atom. The fourth-order valence-corrected chi connectivity index (χ4v) is 0.728. The van der Waals surface area contributed by atoms with Crippen LogP contribution in [0.2, 0.25) is 0 Å². The van der Waals surface area contributed by atoms with Crippen LogP contribution in [0.25, 0.3) is 0 Å². The van der Waals surface area contributed by atoms with E-state index < -0.39 is 23.2 Å². The van der Waals surface area contributed by atoms with Gasteiger partial charge in [-0.1, -0.05) is 0 Å². The number of aromatic carboxylic acids is 1. The van der Waals surface area contributed by atoms with Crippen molar-refractivity contribution in [2.45, 2.75) is 0 Å². The monoisotopic (exact) mass is 301 g/mol. The number of phenols is 3. The van der Waals surface area contributed by atoms with Gasteiger partial charge in [-0.25, -0.2) is 4.79 Å². The van der Waals surface area contributed by atoms with Crippen LogP contribution in [0.4, 0.5) is 0 Å². The van der Waals surface area contributed by atoms with Gasteiger partial charge < -0.3 is 23.3 Å². The van der Waals surface area contributed by atoms with Gasteiger partial charge in [-0.05, 0) is 12.1 Å². The number of phenolic OH excluding ortho intramolecular Hbond substituents is 3. The van der Waals surface area contributed by atoms with Crippen molar-refractivity contribution >= 4 is 43.7 Å². The summed E-state index contributed by atoms with van der Waals surface area (Å²) in [6, 6.07) is 1.69. The maximum atomic E-state index is 10.3. The van der Waals surface area contributed by atoms with Gasteiger partial charge in [0.05, 0.1) is 5.56 Å². The molecule has 5 nitrogen and oxygen atoms in total. The van der Waals surface area contributed by atoms with E-state index in [-0.39, 0.29) is 78.9 Å². The van der Waals surface area contributed by atoms with Crippen molar-refractivity contribution in [2.24, 2.45) is 0 Å². The van der Waals surface area contributed by atoms with E-state index in [1.807, 2.05) is 0 Å². The topological polar surface area (TPSA) is 98.0 Å². The van der Waals surface area contributed by atoms with Crippen LogP contribution in [-0.2, 0) is 32.7 Å². The molecule has 0 fully saturated rings. The van der Waals surface area contributed by atoms with E-state index >= 15 is 0 Å². The number of rotatable bonds is 1. The normalized spacial score (nSPS) is 8.29. The van der Waals surface area contributed by atoms with Gasteiger partial charge in [0, 0.05) is 32.7 Å². The predicted octanol–water partition coefficient (Wildman–Crippen LogP) is 0.343. The van der Waals surface area contributed by atoms with Crippen molar-refractivity contribution in [3.8, 4) is 17.2 Å². The molecular formula is C7H8CaO5Y. The summed E-state index contributed by atoms with van der Waals surface area (Å²) in [5.41, 5.74) is -0.289. The van der Waals surface area contributed by atoms with Crippen molar-refractivity contribution in [2.75, 3.05) is 0 Å². The molecule has 0 amide bonds. The molecule has 7 heteroatoms. The van der Waals surface area contributed by atoms with Gasteiger partial charge in [0.25, 0.3) is 0 Å². The summed E-state index contributed by atoms with van der Waals surface area (Å²) < 4.78 is 0. The van der Waals surface area contributed by atoms with Crippen molar-refractivity contribution in [3.63, 3.8) is 0 Å². The molecule has 0 heterocycles. The van der Waals surface area contributed by atoms with Gasteiger partial charge in [-0.2, -0.15) is 0 Å². The van der Waals surface area contributed by atoms with Gasteiger partial charge in [0.15, 0.2) is 17.2 Å². The minimum Gasteiger partial charge on any atom is -1.00 e. The Morgan fingerprint density at radius 1 is 1.14 bits per heavy atom. The number of hydrogen-bond acceptors (Lipinski definition) is 4. The molecule has 0 spiro atoms. The first kappa shape index (κ1) is 16.9. The van der Waals surface area contributed by atoms with Crippen LogP contribution in [-0.4, -0.2) is 64.1 Å². The number of aromatic hydroxyl groups is 3. The number of benzene rings is 1. The van der Waals surface area contributed by atoms with Crippen molar-refractivity contribution in [3.05, 3.63) is 17.7 Å². The third-order valence-corrected chi connectivity index (χ3v) is 1.32. The van der Waals surface area contributed by atoms with Gasteiger partial charge in [-0.3, -0.25) is 0 Å². The second-order valence-electron chi connectivity index (χ2n) is 2.17. The number of carbonyl (C=O) groups is 1. The Morgan fingerprint density at radius 3 is 1.79 bits per heavy atom. The summed E-state index contributed by atoms with van der Waals surface area (Å²) in [6.07, 6.45) is 0. The predicted molar refractivity (Wildman–Crippen MR) is 46.4 cm³/mol. The molecule has 0 saturated heterocycles. The second-order valence-corrected chi connectivity index (χ2v) is 2.17. The molecule has 0 bridgehead atoms. The molecule has 1 rings (SSSR count). The molecule has 0 aliphatic rings. The van der Waals surface area contributed by atoms with E-state index in [0.717, 1.165) is 12.1 Å². The van der Waals surface area contributed by atoms with Crippen LogP contribution in [0, 0.1) is 0 Å². The Hall–Kier alpha value is 0.454. The van der Waals surface area contributed by atoms with E-state index in [2.05, 4.69) is 0 Å². The molecule has 0 aliphatic carbocycles. The molecule has 1 aromatic carbocycles. The Bertz CT molecular complexity index is 327. The average molecular weight is 301 g/mol. The molecule has 0 aliphatic heterocycles. The molecule has 4 N–H and O–H groups in total. The fraction of sp³-hybridized carbons (Fsp3) is 0. The maximum Gasteiger partial charge on any atom is 2.00 e. The minimum atomic E-state index is -1.29. The fourth-order valence-electron chi connectivity index (χ4n) is 0.728. The molecule has 0 saturated carbocycles. The van der Waals surface area contributed by atoms with E-state index in [1.54, 1.807) is 0 Å². The third-order valence-electron chi connectivity index (χ3n) is 1.32. The van der Waals surface area contributed by atoms with Crippen LogP contribution in [0.15, 0.2) is 12.1 Å². The zero-order valence-corrected chi connectivity index (χ0v) is 12.2. The Labute approximate surface area is 138 Å². The van der Waals surface area contributed by atoms with Crippen LogP contribution in [0.5, 0.6) is 17.2 Å². The standard InChI is InChI=1S/C7H6O5.Ca.Y.2H/c8-4-1-3(7(11)12)2-5(9)6(4)10;;;;/h1-2,8-10H,(H,11,12);;;;/q;+2;;2*-1. The van der Waals surface area contributed by atoms with Gasteiger partial charge in [0.1, 0.15) is 0 Å². The summed E-state index contributed by atoms with van der Waals surface area (Å²) in [6.45, 7) is 0. The maximum absolute atomic E-state index is 10.3. The molecule has 1 radical (unpaired) electrons. The van der Waals surface area contributed by atoms with E-state index in [4.69, 9.17) is 20.4 Å². The minimum absolute atomic E-state index is 0. The number of carboxylic acids is 1. The summed E-state index contributed by atoms with van der Waals surface area (Å²) in [5, 5.41) is 35.0. The van der Waals surface area contributed by atoms with Crippen LogP contribution >= 0.6 is 0 Å². The van der Waals surface area contributed by atoms with E-state index in [1.165, 1.54) is 0 Å². The largest absolute Gasteiger partial charge is 2.00 e. The van der Waals surface area contributed by atoms with Crippen molar-refractivity contribution < 1.29 is 60.8 Å². The molecule has 71 valence electrons. The quantitative estimate of drug-likeness (QED) is 0.443. The molecule has 0 atom stereocenters. The SMILES string of the molecule is O=C(O)c1cc(O)c(O)c(O)c1.[Ca+2].[H-].[H-].[Y]. The summed E-state index contributed by atoms with van der Waals surface area (Å²) >= 11 is 0. The van der Waals surface area contributed by atoms with Gasteiger partial charge in [0.2, 0.25) is 0 Å². The molecule has 0 unspecified atom stereocenters. The average Bonchev–Trinajstić information content (AvgIpc) is 1.99. The molecule has 0 aromatic heterocycles. The van der Waals surface area contributed by atoms with Crippen LogP contribution in [0.3, 0.4) is 0 Å². The smallest absolute Gasteiger partial charge is 1.00 e. The Balaban J connectivity index is -0.000000180. The molecule has 14 heavy (non-hydrogen) atoms. The van der Waals surface area contributed by atoms with Crippen LogP contribution < -0.4 is 0 Å². The van der Waals surface area contributed by atoms with Crippen molar-refractivity contribution in [1.82, 2.24) is 0 Å². The summed E-state index contributed by atoms with van der Waals surface area (Å²) in [5.74, 6) is -3.33. The van der Waals surface area contributed by atoms with E-state index in [0.29, 0.717) is 0 Å². The molecular weight excluding hydrogens is 293 g/mol. The second kappa shape index (κ2) is 6.85. The zero-order chi connectivity index (χ0) is 9.30. The first-order chi connectivity index (χ1) is 5.52. The van der Waals surface area contributed by atoms with Gasteiger partial charge in [-0.15, -0.1) is 0 Å². The molecule has 1 aromatic rings. The van der Waals surface area contributed by atoms with Crippen molar-refractivity contribution in [1.29, 1.82) is 0 Å². The number of hydrogen-bond donors (Lipinski definition) is 4. The Kier molecular flexibility index (Phi) is 8.25. The third kappa shape index (κ3) is 3.91.